The topological polar surface area (TPSA) is 34.9 Å². The predicted octanol–water partition coefficient (Wildman–Crippen LogP) is 2.87. The molecule has 0 unspecified atom stereocenters. The highest BCUT2D eigenvalue weighted by Gasteiger charge is 2.28. The molecule has 1 aliphatic rings. The van der Waals surface area contributed by atoms with Crippen LogP contribution in [0.25, 0.3) is 5.69 Å². The van der Waals surface area contributed by atoms with Crippen LogP contribution in [0.5, 0.6) is 0 Å². The van der Waals surface area contributed by atoms with Gasteiger partial charge in [0.15, 0.2) is 0 Å². The van der Waals surface area contributed by atoms with Gasteiger partial charge in [-0.25, -0.2) is 4.68 Å². The van der Waals surface area contributed by atoms with Crippen molar-refractivity contribution in [1.29, 1.82) is 0 Å². The fourth-order valence-corrected chi connectivity index (χ4v) is 2.13. The Kier molecular flexibility index (Phi) is 2.32. The number of carbonyl (C=O) groups is 1. The van der Waals surface area contributed by atoms with Crippen LogP contribution in [0.3, 0.4) is 0 Å². The number of hydrogen-bond acceptors (Lipinski definition) is 2. The summed E-state index contributed by atoms with van der Waals surface area (Å²) in [6.45, 7) is 2.01. The summed E-state index contributed by atoms with van der Waals surface area (Å²) in [4.78, 5) is 10.8. The summed E-state index contributed by atoms with van der Waals surface area (Å²) in [6.07, 6.45) is 3.37. The molecule has 2 aromatic rings. The smallest absolute Gasteiger partial charge is 0.150 e. The summed E-state index contributed by atoms with van der Waals surface area (Å²) in [5.74, 6) is 0.649. The van der Waals surface area contributed by atoms with E-state index in [0.717, 1.165) is 17.7 Å². The Morgan fingerprint density at radius 2 is 2.18 bits per heavy atom. The van der Waals surface area contributed by atoms with E-state index in [4.69, 9.17) is 0 Å². The molecular formula is C14H14N2O. The molecule has 1 saturated carbocycles. The Balaban J connectivity index is 2.10. The lowest BCUT2D eigenvalue weighted by Crippen LogP contribution is -2.01. The molecule has 0 bridgehead atoms. The van der Waals surface area contributed by atoms with Gasteiger partial charge < -0.3 is 0 Å². The third-order valence-electron chi connectivity index (χ3n) is 3.11. The lowest BCUT2D eigenvalue weighted by atomic mass is 10.2. The monoisotopic (exact) mass is 226 g/mol. The van der Waals surface area contributed by atoms with Gasteiger partial charge in [0, 0.05) is 17.2 Å². The van der Waals surface area contributed by atoms with Crippen LogP contribution in [-0.4, -0.2) is 16.1 Å². The van der Waals surface area contributed by atoms with Gasteiger partial charge in [0.1, 0.15) is 6.29 Å². The summed E-state index contributed by atoms with van der Waals surface area (Å²) >= 11 is 0. The molecule has 0 saturated heterocycles. The molecule has 86 valence electrons. The molecule has 1 aromatic carbocycles. The highest BCUT2D eigenvalue weighted by atomic mass is 16.1. The van der Waals surface area contributed by atoms with Gasteiger partial charge in [0.25, 0.3) is 0 Å². The second kappa shape index (κ2) is 3.84. The van der Waals surface area contributed by atoms with Gasteiger partial charge in [-0.3, -0.25) is 4.79 Å². The molecule has 0 amide bonds. The first-order valence-electron chi connectivity index (χ1n) is 5.90. The van der Waals surface area contributed by atoms with Gasteiger partial charge in [-0.15, -0.1) is 0 Å². The Morgan fingerprint density at radius 3 is 2.88 bits per heavy atom. The molecule has 3 rings (SSSR count). The van der Waals surface area contributed by atoms with E-state index in [-0.39, 0.29) is 0 Å². The quantitative estimate of drug-likeness (QED) is 0.754. The molecule has 0 radical (unpaired) electrons. The molecule has 0 spiro atoms. The first-order valence-corrected chi connectivity index (χ1v) is 5.90. The molecular weight excluding hydrogens is 212 g/mol. The maximum Gasteiger partial charge on any atom is 0.150 e. The summed E-state index contributed by atoms with van der Waals surface area (Å²) < 4.78 is 1.97. The number of aryl methyl sites for hydroxylation is 1. The zero-order valence-corrected chi connectivity index (χ0v) is 9.76. The van der Waals surface area contributed by atoms with Crippen molar-refractivity contribution >= 4 is 6.29 Å². The van der Waals surface area contributed by atoms with Crippen molar-refractivity contribution < 1.29 is 4.79 Å². The maximum atomic E-state index is 10.8. The Bertz CT molecular complexity index is 567. The highest BCUT2D eigenvalue weighted by molar-refractivity contribution is 5.75. The lowest BCUT2D eigenvalue weighted by Gasteiger charge is -2.06. The summed E-state index contributed by atoms with van der Waals surface area (Å²) in [5.41, 5.74) is 3.97. The Morgan fingerprint density at radius 1 is 1.35 bits per heavy atom. The summed E-state index contributed by atoms with van der Waals surface area (Å²) in [7, 11) is 0. The molecule has 3 nitrogen and oxygen atoms in total. The zero-order chi connectivity index (χ0) is 11.8. The second-order valence-corrected chi connectivity index (χ2v) is 4.61. The van der Waals surface area contributed by atoms with Crippen LogP contribution in [-0.2, 0) is 0 Å². The van der Waals surface area contributed by atoms with Gasteiger partial charge in [0.05, 0.1) is 11.4 Å². The third kappa shape index (κ3) is 1.88. The van der Waals surface area contributed by atoms with Crippen molar-refractivity contribution in [1.82, 2.24) is 9.78 Å². The SMILES string of the molecule is Cc1cc(C2CC2)n(-c2cccc(C=O)c2)n1. The first-order chi connectivity index (χ1) is 8.28. The fourth-order valence-electron chi connectivity index (χ4n) is 2.13. The molecule has 0 atom stereocenters. The maximum absolute atomic E-state index is 10.8. The van der Waals surface area contributed by atoms with Gasteiger partial charge in [-0.2, -0.15) is 5.10 Å². The number of nitrogens with zero attached hydrogens (tertiary/aromatic N) is 2. The third-order valence-corrected chi connectivity index (χ3v) is 3.11. The highest BCUT2D eigenvalue weighted by Crippen LogP contribution is 2.41. The van der Waals surface area contributed by atoms with E-state index in [1.54, 1.807) is 0 Å². The minimum atomic E-state index is 0.649. The number of rotatable bonds is 3. The van der Waals surface area contributed by atoms with E-state index in [1.807, 2.05) is 35.9 Å². The summed E-state index contributed by atoms with van der Waals surface area (Å²) in [5, 5.41) is 4.52. The van der Waals surface area contributed by atoms with E-state index < -0.39 is 0 Å². The second-order valence-electron chi connectivity index (χ2n) is 4.61. The van der Waals surface area contributed by atoms with E-state index in [9.17, 15) is 4.79 Å². The van der Waals surface area contributed by atoms with Gasteiger partial charge >= 0.3 is 0 Å². The molecule has 1 aromatic heterocycles. The van der Waals surface area contributed by atoms with Crippen LogP contribution in [0.15, 0.2) is 30.3 Å². The van der Waals surface area contributed by atoms with Crippen LogP contribution in [0.2, 0.25) is 0 Å². The van der Waals surface area contributed by atoms with E-state index >= 15 is 0 Å². The van der Waals surface area contributed by atoms with Crippen LogP contribution in [0, 0.1) is 6.92 Å². The largest absolute Gasteiger partial charge is 0.298 e. The van der Waals surface area contributed by atoms with Crippen molar-refractivity contribution in [2.75, 3.05) is 0 Å². The molecule has 3 heteroatoms. The zero-order valence-electron chi connectivity index (χ0n) is 9.76. The predicted molar refractivity (Wildman–Crippen MR) is 65.7 cm³/mol. The number of carbonyl (C=O) groups excluding carboxylic acids is 1. The van der Waals surface area contributed by atoms with Crippen molar-refractivity contribution in [3.63, 3.8) is 0 Å². The molecule has 1 heterocycles. The van der Waals surface area contributed by atoms with E-state index in [2.05, 4.69) is 11.2 Å². The van der Waals surface area contributed by atoms with Gasteiger partial charge in [0.2, 0.25) is 0 Å². The average Bonchev–Trinajstić information content (AvgIpc) is 3.12. The Labute approximate surface area is 100 Å². The van der Waals surface area contributed by atoms with Crippen molar-refractivity contribution in [2.24, 2.45) is 0 Å². The van der Waals surface area contributed by atoms with Crippen LogP contribution >= 0.6 is 0 Å². The van der Waals surface area contributed by atoms with Crippen molar-refractivity contribution in [3.8, 4) is 5.69 Å². The van der Waals surface area contributed by atoms with Crippen LogP contribution < -0.4 is 0 Å². The van der Waals surface area contributed by atoms with Crippen LogP contribution in [0.1, 0.15) is 40.5 Å². The fraction of sp³-hybridized carbons (Fsp3) is 0.286. The number of aromatic nitrogens is 2. The number of benzene rings is 1. The molecule has 0 N–H and O–H groups in total. The molecule has 17 heavy (non-hydrogen) atoms. The van der Waals surface area contributed by atoms with Crippen molar-refractivity contribution in [2.45, 2.75) is 25.7 Å². The van der Waals surface area contributed by atoms with Crippen LogP contribution in [0.4, 0.5) is 0 Å². The number of hydrogen-bond donors (Lipinski definition) is 0. The lowest BCUT2D eigenvalue weighted by molar-refractivity contribution is 0.112. The molecule has 1 fully saturated rings. The average molecular weight is 226 g/mol. The normalized spacial score (nSPS) is 14.9. The Hall–Kier alpha value is -1.90. The minimum Gasteiger partial charge on any atom is -0.298 e. The molecule has 0 aliphatic heterocycles. The standard InChI is InChI=1S/C14H14N2O/c1-10-7-14(12-5-6-12)16(15-10)13-4-2-3-11(8-13)9-17/h2-4,7-9,12H,5-6H2,1H3. The number of aldehydes is 1. The first kappa shape index (κ1) is 10.3. The van der Waals surface area contributed by atoms with Gasteiger partial charge in [-0.1, -0.05) is 12.1 Å². The van der Waals surface area contributed by atoms with Gasteiger partial charge in [-0.05, 0) is 38.0 Å². The van der Waals surface area contributed by atoms with E-state index in [0.29, 0.717) is 11.5 Å². The van der Waals surface area contributed by atoms with Crippen molar-refractivity contribution in [3.05, 3.63) is 47.3 Å². The molecule has 1 aliphatic carbocycles. The minimum absolute atomic E-state index is 0.649. The summed E-state index contributed by atoms with van der Waals surface area (Å²) in [6, 6.07) is 9.72. The van der Waals surface area contributed by atoms with E-state index in [1.165, 1.54) is 18.5 Å².